The third-order valence-electron chi connectivity index (χ3n) is 5.17. The predicted molar refractivity (Wildman–Crippen MR) is 111 cm³/mol. The third-order valence-corrected chi connectivity index (χ3v) is 5.49. The average molecular weight is 383 g/mol. The number of para-hydroxylation sites is 3. The summed E-state index contributed by atoms with van der Waals surface area (Å²) in [5.41, 5.74) is 3.29. The molecule has 2 aromatic carbocycles. The topological polar surface area (TPSA) is 29.8 Å². The molecule has 1 aromatic heterocycles. The lowest BCUT2D eigenvalue weighted by Crippen LogP contribution is -3.13. The number of nitrogens with zero attached hydrogens (tertiary/aromatic N) is 2. The summed E-state index contributed by atoms with van der Waals surface area (Å²) in [7, 11) is 0. The molecule has 1 aliphatic heterocycles. The summed E-state index contributed by atoms with van der Waals surface area (Å²) in [4.78, 5) is 8.53. The lowest BCUT2D eigenvalue weighted by atomic mass is 10.1. The number of benzene rings is 2. The summed E-state index contributed by atoms with van der Waals surface area (Å²) in [6, 6.07) is 18.7. The van der Waals surface area contributed by atoms with Gasteiger partial charge in [-0.25, -0.2) is 4.98 Å². The van der Waals surface area contributed by atoms with Gasteiger partial charge in [0.1, 0.15) is 17.4 Å². The van der Waals surface area contributed by atoms with Crippen molar-refractivity contribution in [1.82, 2.24) is 4.98 Å². The SMILES string of the molecule is CCOc1ccccc1N1CC[NH+](Cc2cc3ccccc3nc2Cl)CC1. The first-order chi connectivity index (χ1) is 13.2. The van der Waals surface area contributed by atoms with E-state index in [0.717, 1.165) is 54.9 Å². The molecule has 0 spiro atoms. The van der Waals surface area contributed by atoms with E-state index in [2.05, 4.69) is 40.2 Å². The Morgan fingerprint density at radius 2 is 1.81 bits per heavy atom. The molecular weight excluding hydrogens is 358 g/mol. The van der Waals surface area contributed by atoms with Crippen molar-refractivity contribution in [1.29, 1.82) is 0 Å². The van der Waals surface area contributed by atoms with E-state index in [9.17, 15) is 0 Å². The van der Waals surface area contributed by atoms with Crippen molar-refractivity contribution in [2.24, 2.45) is 0 Å². The second kappa shape index (κ2) is 8.15. The number of hydrogen-bond acceptors (Lipinski definition) is 3. The molecule has 2 heterocycles. The molecule has 1 aliphatic rings. The van der Waals surface area contributed by atoms with Crippen LogP contribution in [0.4, 0.5) is 5.69 Å². The minimum Gasteiger partial charge on any atom is -0.492 e. The number of nitrogens with one attached hydrogen (secondary N) is 1. The number of rotatable bonds is 5. The molecular formula is C22H25ClN3O+. The number of fused-ring (bicyclic) bond motifs is 1. The van der Waals surface area contributed by atoms with Crippen LogP contribution < -0.4 is 14.5 Å². The van der Waals surface area contributed by atoms with E-state index in [4.69, 9.17) is 16.3 Å². The maximum atomic E-state index is 6.45. The van der Waals surface area contributed by atoms with E-state index < -0.39 is 0 Å². The Bertz CT molecular complexity index is 922. The van der Waals surface area contributed by atoms with E-state index in [1.165, 1.54) is 5.69 Å². The zero-order valence-corrected chi connectivity index (χ0v) is 16.4. The van der Waals surface area contributed by atoms with Gasteiger partial charge in [0.15, 0.2) is 0 Å². The van der Waals surface area contributed by atoms with Crippen LogP contribution in [0.15, 0.2) is 54.6 Å². The van der Waals surface area contributed by atoms with Crippen LogP contribution in [0, 0.1) is 0 Å². The predicted octanol–water partition coefficient (Wildman–Crippen LogP) is 3.19. The molecule has 140 valence electrons. The molecule has 4 rings (SSSR count). The Labute approximate surface area is 165 Å². The highest BCUT2D eigenvalue weighted by molar-refractivity contribution is 6.30. The quantitative estimate of drug-likeness (QED) is 0.687. The van der Waals surface area contributed by atoms with Gasteiger partial charge in [0.2, 0.25) is 0 Å². The van der Waals surface area contributed by atoms with E-state index in [1.807, 2.05) is 31.2 Å². The molecule has 0 atom stereocenters. The highest BCUT2D eigenvalue weighted by Gasteiger charge is 2.23. The molecule has 0 saturated carbocycles. The van der Waals surface area contributed by atoms with Crippen LogP contribution in [0.25, 0.3) is 10.9 Å². The van der Waals surface area contributed by atoms with Crippen LogP contribution >= 0.6 is 11.6 Å². The number of pyridine rings is 1. The molecule has 0 unspecified atom stereocenters. The van der Waals surface area contributed by atoms with Crippen LogP contribution in [-0.4, -0.2) is 37.8 Å². The summed E-state index contributed by atoms with van der Waals surface area (Å²) in [5, 5.41) is 1.78. The number of aromatic nitrogens is 1. The first-order valence-electron chi connectivity index (χ1n) is 9.59. The average Bonchev–Trinajstić information content (AvgIpc) is 2.70. The van der Waals surface area contributed by atoms with Crippen LogP contribution in [0.1, 0.15) is 12.5 Å². The van der Waals surface area contributed by atoms with Gasteiger partial charge in [-0.3, -0.25) is 0 Å². The largest absolute Gasteiger partial charge is 0.492 e. The monoisotopic (exact) mass is 382 g/mol. The molecule has 0 aliphatic carbocycles. The van der Waals surface area contributed by atoms with Crippen LogP contribution in [0.3, 0.4) is 0 Å². The third kappa shape index (κ3) is 4.02. The lowest BCUT2D eigenvalue weighted by Gasteiger charge is -2.34. The maximum absolute atomic E-state index is 6.45. The number of halogens is 1. The molecule has 0 radical (unpaired) electrons. The summed E-state index contributed by atoms with van der Waals surface area (Å²) in [6.45, 7) is 7.80. The molecule has 27 heavy (non-hydrogen) atoms. The van der Waals surface area contributed by atoms with Gasteiger partial charge in [-0.2, -0.15) is 0 Å². The maximum Gasteiger partial charge on any atom is 0.142 e. The van der Waals surface area contributed by atoms with E-state index >= 15 is 0 Å². The van der Waals surface area contributed by atoms with Gasteiger partial charge in [0.25, 0.3) is 0 Å². The van der Waals surface area contributed by atoms with Crippen molar-refractivity contribution in [3.05, 3.63) is 65.3 Å². The van der Waals surface area contributed by atoms with Crippen LogP contribution in [0.2, 0.25) is 5.15 Å². The number of quaternary nitrogens is 1. The highest BCUT2D eigenvalue weighted by Crippen LogP contribution is 2.28. The molecule has 1 saturated heterocycles. The van der Waals surface area contributed by atoms with Gasteiger partial charge in [-0.15, -0.1) is 0 Å². The fraction of sp³-hybridized carbons (Fsp3) is 0.318. The smallest absolute Gasteiger partial charge is 0.142 e. The van der Waals surface area contributed by atoms with Gasteiger partial charge >= 0.3 is 0 Å². The normalized spacial score (nSPS) is 15.3. The van der Waals surface area contributed by atoms with Crippen molar-refractivity contribution in [3.8, 4) is 5.75 Å². The second-order valence-corrected chi connectivity index (χ2v) is 7.30. The van der Waals surface area contributed by atoms with Gasteiger partial charge in [-0.1, -0.05) is 41.9 Å². The number of ether oxygens (including phenoxy) is 1. The lowest BCUT2D eigenvalue weighted by molar-refractivity contribution is -0.914. The summed E-state index contributed by atoms with van der Waals surface area (Å²) < 4.78 is 5.80. The zero-order chi connectivity index (χ0) is 18.6. The minimum absolute atomic E-state index is 0.630. The number of anilines is 1. The van der Waals surface area contributed by atoms with Gasteiger partial charge in [0, 0.05) is 10.9 Å². The Balaban J connectivity index is 1.44. The van der Waals surface area contributed by atoms with E-state index in [-0.39, 0.29) is 0 Å². The first-order valence-corrected chi connectivity index (χ1v) is 9.97. The zero-order valence-electron chi connectivity index (χ0n) is 15.6. The van der Waals surface area contributed by atoms with Crippen molar-refractivity contribution >= 4 is 28.2 Å². The van der Waals surface area contributed by atoms with Crippen LogP contribution in [-0.2, 0) is 6.54 Å². The first kappa shape index (κ1) is 18.1. The highest BCUT2D eigenvalue weighted by atomic mass is 35.5. The Hall–Kier alpha value is -2.30. The van der Waals surface area contributed by atoms with Gasteiger partial charge in [0.05, 0.1) is 44.0 Å². The molecule has 5 heteroatoms. The van der Waals surface area contributed by atoms with Crippen molar-refractivity contribution in [3.63, 3.8) is 0 Å². The molecule has 3 aromatic rings. The Morgan fingerprint density at radius 1 is 1.07 bits per heavy atom. The van der Waals surface area contributed by atoms with E-state index in [0.29, 0.717) is 11.8 Å². The summed E-state index contributed by atoms with van der Waals surface area (Å²) >= 11 is 6.45. The number of hydrogen-bond donors (Lipinski definition) is 1. The Kier molecular flexibility index (Phi) is 5.46. The van der Waals surface area contributed by atoms with Crippen molar-refractivity contribution in [2.75, 3.05) is 37.7 Å². The fourth-order valence-corrected chi connectivity index (χ4v) is 3.98. The van der Waals surface area contributed by atoms with Gasteiger partial charge in [-0.05, 0) is 31.2 Å². The van der Waals surface area contributed by atoms with Gasteiger partial charge < -0.3 is 14.5 Å². The summed E-state index contributed by atoms with van der Waals surface area (Å²) in [5.74, 6) is 0.977. The summed E-state index contributed by atoms with van der Waals surface area (Å²) in [6.07, 6.45) is 0. The fourth-order valence-electron chi connectivity index (χ4n) is 3.77. The molecule has 0 amide bonds. The second-order valence-electron chi connectivity index (χ2n) is 6.95. The molecule has 1 N–H and O–H groups in total. The number of piperazine rings is 1. The molecule has 4 nitrogen and oxygen atoms in total. The Morgan fingerprint density at radius 3 is 2.63 bits per heavy atom. The molecule has 1 fully saturated rings. The van der Waals surface area contributed by atoms with E-state index in [1.54, 1.807) is 4.90 Å². The minimum atomic E-state index is 0.630. The van der Waals surface area contributed by atoms with Crippen LogP contribution in [0.5, 0.6) is 5.75 Å². The standard InChI is InChI=1S/C22H24ClN3O/c1-2-27-21-10-6-5-9-20(21)26-13-11-25(12-14-26)16-18-15-17-7-3-4-8-19(17)24-22(18)23/h3-10,15H,2,11-14,16H2,1H3/p+1. The van der Waals surface area contributed by atoms with Crippen molar-refractivity contribution < 1.29 is 9.64 Å². The molecule has 0 bridgehead atoms. The van der Waals surface area contributed by atoms with Crippen molar-refractivity contribution in [2.45, 2.75) is 13.5 Å².